The van der Waals surface area contributed by atoms with Gasteiger partial charge < -0.3 is 9.80 Å². The highest BCUT2D eigenvalue weighted by atomic mass is 16.2. The summed E-state index contributed by atoms with van der Waals surface area (Å²) in [7, 11) is 4.37. The minimum Gasteiger partial charge on any atom is -0.337 e. The fourth-order valence-corrected chi connectivity index (χ4v) is 4.33. The Morgan fingerprint density at radius 1 is 1.07 bits per heavy atom. The molecule has 1 aromatic carbocycles. The zero-order valence-electron chi connectivity index (χ0n) is 16.0. The summed E-state index contributed by atoms with van der Waals surface area (Å²) in [6.45, 7) is 4.54. The summed E-state index contributed by atoms with van der Waals surface area (Å²) in [5, 5.41) is 11.5. The molecule has 27 heavy (non-hydrogen) atoms. The van der Waals surface area contributed by atoms with Crippen LogP contribution in [-0.2, 0) is 4.79 Å². The monoisotopic (exact) mass is 369 g/mol. The van der Waals surface area contributed by atoms with Gasteiger partial charge in [0.1, 0.15) is 6.33 Å². The molecule has 4 rings (SSSR count). The molecule has 8 nitrogen and oxygen atoms in total. The quantitative estimate of drug-likeness (QED) is 0.785. The summed E-state index contributed by atoms with van der Waals surface area (Å²) in [6, 6.07) is 9.25. The first-order valence-electron chi connectivity index (χ1n) is 9.55. The third kappa shape index (κ3) is 3.46. The zero-order valence-corrected chi connectivity index (χ0v) is 16.0. The molecule has 0 radical (unpaired) electrons. The normalized spacial score (nSPS) is 22.1. The minimum atomic E-state index is -0.520. The van der Waals surface area contributed by atoms with E-state index in [-0.39, 0.29) is 11.4 Å². The molecule has 8 heteroatoms. The number of aromatic nitrogens is 4. The third-order valence-corrected chi connectivity index (χ3v) is 6.21. The van der Waals surface area contributed by atoms with E-state index in [2.05, 4.69) is 39.4 Å². The van der Waals surface area contributed by atoms with Gasteiger partial charge in [0, 0.05) is 25.2 Å². The Morgan fingerprint density at radius 3 is 2.48 bits per heavy atom. The molecular weight excluding hydrogens is 342 g/mol. The van der Waals surface area contributed by atoms with Crippen molar-refractivity contribution < 1.29 is 4.79 Å². The van der Waals surface area contributed by atoms with Crippen molar-refractivity contribution in [2.45, 2.75) is 24.4 Å². The number of likely N-dealkylation sites (N-methyl/N-ethyl adjacent to an activating group) is 1. The van der Waals surface area contributed by atoms with E-state index in [9.17, 15) is 4.79 Å². The number of amides is 1. The molecule has 1 aromatic heterocycles. The van der Waals surface area contributed by atoms with Crippen LogP contribution in [0.2, 0.25) is 0 Å². The Kier molecular flexibility index (Phi) is 4.92. The second-order valence-corrected chi connectivity index (χ2v) is 7.81. The molecule has 3 heterocycles. The lowest BCUT2D eigenvalue weighted by Gasteiger charge is -2.53. The van der Waals surface area contributed by atoms with Crippen molar-refractivity contribution >= 4 is 5.91 Å². The van der Waals surface area contributed by atoms with E-state index in [1.165, 1.54) is 6.33 Å². The highest BCUT2D eigenvalue weighted by molar-refractivity contribution is 5.83. The van der Waals surface area contributed by atoms with Crippen molar-refractivity contribution in [1.82, 2.24) is 34.9 Å². The molecular formula is C19H27N7O. The van der Waals surface area contributed by atoms with Gasteiger partial charge in [-0.15, -0.1) is 5.10 Å². The van der Waals surface area contributed by atoms with E-state index in [4.69, 9.17) is 0 Å². The first-order valence-corrected chi connectivity index (χ1v) is 9.55. The van der Waals surface area contributed by atoms with Gasteiger partial charge in [-0.25, -0.2) is 4.68 Å². The average Bonchev–Trinajstić information content (AvgIpc) is 3.21. The average molecular weight is 369 g/mol. The Balaban J connectivity index is 1.60. The predicted octanol–water partition coefficient (Wildman–Crippen LogP) is 0.501. The van der Waals surface area contributed by atoms with Crippen molar-refractivity contribution in [2.24, 2.45) is 0 Å². The molecule has 1 amide bonds. The van der Waals surface area contributed by atoms with Crippen LogP contribution in [0.4, 0.5) is 0 Å². The van der Waals surface area contributed by atoms with Gasteiger partial charge in [0.2, 0.25) is 0 Å². The number of hydrogen-bond donors (Lipinski definition) is 0. The van der Waals surface area contributed by atoms with Gasteiger partial charge in [-0.1, -0.05) is 30.3 Å². The van der Waals surface area contributed by atoms with E-state index < -0.39 is 6.04 Å². The molecule has 0 unspecified atom stereocenters. The number of carbonyl (C=O) groups excluding carboxylic acids is 1. The molecule has 1 atom stereocenters. The van der Waals surface area contributed by atoms with Crippen LogP contribution in [0.3, 0.4) is 0 Å². The van der Waals surface area contributed by atoms with Gasteiger partial charge >= 0.3 is 0 Å². The fourth-order valence-electron chi connectivity index (χ4n) is 4.33. The summed E-state index contributed by atoms with van der Waals surface area (Å²) in [5.41, 5.74) is 0.980. The second-order valence-electron chi connectivity index (χ2n) is 7.81. The van der Waals surface area contributed by atoms with Gasteiger partial charge in [0.15, 0.2) is 6.04 Å². The summed E-state index contributed by atoms with van der Waals surface area (Å²) in [5.74, 6) is 0.0694. The van der Waals surface area contributed by atoms with Crippen molar-refractivity contribution in [3.8, 4) is 0 Å². The lowest BCUT2D eigenvalue weighted by atomic mass is 9.83. The maximum absolute atomic E-state index is 13.6. The Labute approximate surface area is 159 Å². The van der Waals surface area contributed by atoms with Gasteiger partial charge in [-0.2, -0.15) is 0 Å². The van der Waals surface area contributed by atoms with E-state index in [0.717, 1.165) is 51.1 Å². The molecule has 144 valence electrons. The SMILES string of the molecule is CN1CCC2(CC1)CN(C(=O)[C@@H](c1ccccc1)n1cnnn1)CCN2C. The van der Waals surface area contributed by atoms with Crippen LogP contribution >= 0.6 is 0 Å². The van der Waals surface area contributed by atoms with Crippen LogP contribution in [0.25, 0.3) is 0 Å². The van der Waals surface area contributed by atoms with Crippen LogP contribution in [0.15, 0.2) is 36.7 Å². The highest BCUT2D eigenvalue weighted by Crippen LogP contribution is 2.32. The topological polar surface area (TPSA) is 70.4 Å². The lowest BCUT2D eigenvalue weighted by molar-refractivity contribution is -0.140. The van der Waals surface area contributed by atoms with E-state index in [1.54, 1.807) is 4.68 Å². The summed E-state index contributed by atoms with van der Waals surface area (Å²) >= 11 is 0. The maximum Gasteiger partial charge on any atom is 0.252 e. The molecule has 2 saturated heterocycles. The number of benzene rings is 1. The highest BCUT2D eigenvalue weighted by Gasteiger charge is 2.44. The molecule has 2 aliphatic heterocycles. The number of tetrazole rings is 1. The number of piperidine rings is 1. The molecule has 2 fully saturated rings. The van der Waals surface area contributed by atoms with Crippen LogP contribution < -0.4 is 0 Å². The van der Waals surface area contributed by atoms with E-state index >= 15 is 0 Å². The summed E-state index contributed by atoms with van der Waals surface area (Å²) < 4.78 is 1.57. The maximum atomic E-state index is 13.6. The van der Waals surface area contributed by atoms with Crippen molar-refractivity contribution in [3.05, 3.63) is 42.2 Å². The summed E-state index contributed by atoms with van der Waals surface area (Å²) in [4.78, 5) is 20.4. The number of hydrogen-bond acceptors (Lipinski definition) is 6. The van der Waals surface area contributed by atoms with Gasteiger partial charge in [-0.3, -0.25) is 9.69 Å². The number of carbonyl (C=O) groups is 1. The number of nitrogens with zero attached hydrogens (tertiary/aromatic N) is 7. The van der Waals surface area contributed by atoms with Crippen molar-refractivity contribution in [3.63, 3.8) is 0 Å². The van der Waals surface area contributed by atoms with E-state index in [0.29, 0.717) is 0 Å². The predicted molar refractivity (Wildman–Crippen MR) is 101 cm³/mol. The largest absolute Gasteiger partial charge is 0.337 e. The van der Waals surface area contributed by atoms with Crippen LogP contribution in [0.5, 0.6) is 0 Å². The van der Waals surface area contributed by atoms with Crippen LogP contribution in [0, 0.1) is 0 Å². The molecule has 2 aliphatic rings. The smallest absolute Gasteiger partial charge is 0.252 e. The third-order valence-electron chi connectivity index (χ3n) is 6.21. The number of piperazine rings is 1. The minimum absolute atomic E-state index is 0.0694. The Morgan fingerprint density at radius 2 is 1.81 bits per heavy atom. The molecule has 0 saturated carbocycles. The molecule has 0 N–H and O–H groups in total. The number of likely N-dealkylation sites (tertiary alicyclic amines) is 1. The zero-order chi connectivity index (χ0) is 18.9. The van der Waals surface area contributed by atoms with Gasteiger partial charge in [-0.05, 0) is 56.0 Å². The first-order chi connectivity index (χ1) is 13.1. The number of rotatable bonds is 3. The standard InChI is InChI=1S/C19H27N7O/c1-23-10-8-19(9-11-23)14-25(13-12-24(19)2)18(27)17(26-15-20-21-22-26)16-6-4-3-5-7-16/h3-7,15,17H,8-14H2,1-2H3/t17-/m1/s1. The van der Waals surface area contributed by atoms with Gasteiger partial charge in [0.05, 0.1) is 0 Å². The van der Waals surface area contributed by atoms with Crippen LogP contribution in [0.1, 0.15) is 24.4 Å². The Bertz CT molecular complexity index is 756. The Hall–Kier alpha value is -2.32. The van der Waals surface area contributed by atoms with Crippen LogP contribution in [-0.4, -0.2) is 93.2 Å². The molecule has 1 spiro atoms. The van der Waals surface area contributed by atoms with Crippen molar-refractivity contribution in [1.29, 1.82) is 0 Å². The lowest BCUT2D eigenvalue weighted by Crippen LogP contribution is -2.65. The second kappa shape index (κ2) is 7.36. The fraction of sp³-hybridized carbons (Fsp3) is 0.579. The molecule has 2 aromatic rings. The molecule has 0 aliphatic carbocycles. The van der Waals surface area contributed by atoms with E-state index in [1.807, 2.05) is 35.2 Å². The summed E-state index contributed by atoms with van der Waals surface area (Å²) in [6.07, 6.45) is 3.70. The van der Waals surface area contributed by atoms with Crippen molar-refractivity contribution in [2.75, 3.05) is 46.8 Å². The first kappa shape index (κ1) is 18.1. The molecule has 0 bridgehead atoms. The van der Waals surface area contributed by atoms with Gasteiger partial charge in [0.25, 0.3) is 5.91 Å².